The first kappa shape index (κ1) is 22.0. The second kappa shape index (κ2) is 9.20. The van der Waals surface area contributed by atoms with Gasteiger partial charge in [0.05, 0.1) is 13.0 Å². The first-order chi connectivity index (χ1) is 16.0. The summed E-state index contributed by atoms with van der Waals surface area (Å²) in [5.41, 5.74) is 5.10. The van der Waals surface area contributed by atoms with Gasteiger partial charge in [0.15, 0.2) is 0 Å². The molecule has 2 aromatic carbocycles. The Morgan fingerprint density at radius 3 is 2.73 bits per heavy atom. The molecule has 0 unspecified atom stereocenters. The number of thiophene rings is 1. The summed E-state index contributed by atoms with van der Waals surface area (Å²) in [5, 5.41) is 11.1. The van der Waals surface area contributed by atoms with Crippen LogP contribution < -0.4 is 9.47 Å². The smallest absolute Gasteiger partial charge is 0.304 e. The van der Waals surface area contributed by atoms with Gasteiger partial charge in [-0.2, -0.15) is 0 Å². The lowest BCUT2D eigenvalue weighted by Crippen LogP contribution is -2.44. The topological polar surface area (TPSA) is 59.0 Å². The van der Waals surface area contributed by atoms with Gasteiger partial charge in [-0.05, 0) is 61.0 Å². The third-order valence-electron chi connectivity index (χ3n) is 7.08. The highest BCUT2D eigenvalue weighted by Gasteiger charge is 2.43. The molecule has 172 valence electrons. The van der Waals surface area contributed by atoms with Crippen molar-refractivity contribution >= 4 is 17.3 Å². The van der Waals surface area contributed by atoms with E-state index in [1.807, 2.05) is 12.1 Å². The molecule has 1 aromatic heterocycles. The molecule has 0 bridgehead atoms. The Morgan fingerprint density at radius 1 is 1.18 bits per heavy atom. The van der Waals surface area contributed by atoms with Crippen molar-refractivity contribution in [1.29, 1.82) is 0 Å². The predicted molar refractivity (Wildman–Crippen MR) is 130 cm³/mol. The van der Waals surface area contributed by atoms with Gasteiger partial charge in [-0.15, -0.1) is 11.3 Å². The largest absolute Gasteiger partial charge is 0.492 e. The molecule has 3 heterocycles. The standard InChI is InChI=1S/C27H29NO4S/c1-19-22(20-5-3-2-4-6-20)17-33-25(19)16-31-21-7-8-23-24(15-21)32-18-27(23)10-13-28(14-11-27)12-9-26(29)30/h2-8,15,17H,9-14,16,18H2,1H3,(H,29,30). The van der Waals surface area contributed by atoms with Crippen LogP contribution in [0, 0.1) is 6.92 Å². The van der Waals surface area contributed by atoms with Gasteiger partial charge in [-0.1, -0.05) is 36.4 Å². The van der Waals surface area contributed by atoms with E-state index in [0.717, 1.165) is 37.4 Å². The van der Waals surface area contributed by atoms with Gasteiger partial charge in [0.1, 0.15) is 18.1 Å². The van der Waals surface area contributed by atoms with Crippen LogP contribution in [0.25, 0.3) is 11.1 Å². The highest BCUT2D eigenvalue weighted by atomic mass is 32.1. The molecule has 5 nitrogen and oxygen atoms in total. The highest BCUT2D eigenvalue weighted by molar-refractivity contribution is 7.10. The number of carboxylic acids is 1. The quantitative estimate of drug-likeness (QED) is 0.501. The van der Waals surface area contributed by atoms with Gasteiger partial charge in [0.25, 0.3) is 0 Å². The number of rotatable bonds is 7. The maximum absolute atomic E-state index is 10.9. The second-order valence-electron chi connectivity index (χ2n) is 9.06. The van der Waals surface area contributed by atoms with Crippen LogP contribution in [0.5, 0.6) is 11.5 Å². The van der Waals surface area contributed by atoms with E-state index in [2.05, 4.69) is 53.6 Å². The molecule has 5 rings (SSSR count). The molecule has 1 N–H and O–H groups in total. The average molecular weight is 464 g/mol. The second-order valence-corrected chi connectivity index (χ2v) is 10.0. The molecule has 0 radical (unpaired) electrons. The molecule has 6 heteroatoms. The Labute approximate surface area is 198 Å². The normalized spacial score (nSPS) is 17.0. The number of carbonyl (C=O) groups is 1. The van der Waals surface area contributed by atoms with E-state index in [1.165, 1.54) is 27.1 Å². The van der Waals surface area contributed by atoms with Gasteiger partial charge in [-0.3, -0.25) is 4.79 Å². The Morgan fingerprint density at radius 2 is 1.97 bits per heavy atom. The zero-order valence-corrected chi connectivity index (χ0v) is 19.7. The van der Waals surface area contributed by atoms with E-state index in [4.69, 9.17) is 14.6 Å². The molecule has 2 aliphatic rings. The summed E-state index contributed by atoms with van der Waals surface area (Å²) in [7, 11) is 0. The van der Waals surface area contributed by atoms with Crippen molar-refractivity contribution in [2.24, 2.45) is 0 Å². The Kier molecular flexibility index (Phi) is 6.13. The third kappa shape index (κ3) is 4.50. The van der Waals surface area contributed by atoms with E-state index in [0.29, 0.717) is 19.8 Å². The molecule has 33 heavy (non-hydrogen) atoms. The number of likely N-dealkylation sites (tertiary alicyclic amines) is 1. The van der Waals surface area contributed by atoms with Gasteiger partial charge < -0.3 is 19.5 Å². The first-order valence-electron chi connectivity index (χ1n) is 11.5. The van der Waals surface area contributed by atoms with Gasteiger partial charge >= 0.3 is 5.97 Å². The summed E-state index contributed by atoms with van der Waals surface area (Å²) in [6, 6.07) is 16.7. The van der Waals surface area contributed by atoms with Gasteiger partial charge in [0, 0.05) is 28.5 Å². The fourth-order valence-electron chi connectivity index (χ4n) is 4.97. The van der Waals surface area contributed by atoms with Crippen molar-refractivity contribution in [3.05, 3.63) is 69.9 Å². The maximum Gasteiger partial charge on any atom is 0.304 e. The first-order valence-corrected chi connectivity index (χ1v) is 12.4. The molecule has 0 amide bonds. The Bertz CT molecular complexity index is 1130. The minimum atomic E-state index is -0.730. The summed E-state index contributed by atoms with van der Waals surface area (Å²) in [4.78, 5) is 14.3. The van der Waals surface area contributed by atoms with E-state index in [1.54, 1.807) is 11.3 Å². The number of fused-ring (bicyclic) bond motifs is 2. The van der Waals surface area contributed by atoms with Crippen LogP contribution in [-0.4, -0.2) is 42.2 Å². The molecule has 0 aliphatic carbocycles. The number of aliphatic carboxylic acids is 1. The minimum Gasteiger partial charge on any atom is -0.492 e. The summed E-state index contributed by atoms with van der Waals surface area (Å²) >= 11 is 1.74. The average Bonchev–Trinajstić information content (AvgIpc) is 3.38. The fourth-order valence-corrected chi connectivity index (χ4v) is 5.95. The SMILES string of the molecule is Cc1c(-c2ccccc2)csc1COc1ccc2c(c1)OCC21CCN(CCC(=O)O)CC1. The monoisotopic (exact) mass is 463 g/mol. The lowest BCUT2D eigenvalue weighted by Gasteiger charge is -2.38. The number of ether oxygens (including phenoxy) is 2. The molecule has 2 aliphatic heterocycles. The minimum absolute atomic E-state index is 0.0442. The number of nitrogens with zero attached hydrogens (tertiary/aromatic N) is 1. The maximum atomic E-state index is 10.9. The van der Waals surface area contributed by atoms with Crippen molar-refractivity contribution < 1.29 is 19.4 Å². The van der Waals surface area contributed by atoms with Crippen molar-refractivity contribution in [1.82, 2.24) is 4.90 Å². The summed E-state index contributed by atoms with van der Waals surface area (Å²) in [5.74, 6) is 1.03. The zero-order valence-electron chi connectivity index (χ0n) is 18.9. The number of carboxylic acid groups (broad SMARTS) is 1. The van der Waals surface area contributed by atoms with Crippen molar-refractivity contribution in [2.75, 3.05) is 26.2 Å². The molecule has 0 saturated carbocycles. The summed E-state index contributed by atoms with van der Waals surface area (Å²) in [6.45, 7) is 5.86. The molecule has 1 fully saturated rings. The Hall–Kier alpha value is -2.83. The molecule has 3 aromatic rings. The van der Waals surface area contributed by atoms with Crippen LogP contribution in [0.1, 0.15) is 35.3 Å². The van der Waals surface area contributed by atoms with Crippen LogP contribution in [0.2, 0.25) is 0 Å². The van der Waals surface area contributed by atoms with Crippen LogP contribution in [0.4, 0.5) is 0 Å². The zero-order chi connectivity index (χ0) is 22.8. The van der Waals surface area contributed by atoms with Crippen LogP contribution >= 0.6 is 11.3 Å². The number of piperidine rings is 1. The molecule has 0 atom stereocenters. The molecular formula is C27H29NO4S. The van der Waals surface area contributed by atoms with Crippen LogP contribution in [0.15, 0.2) is 53.9 Å². The van der Waals surface area contributed by atoms with Gasteiger partial charge in [-0.25, -0.2) is 0 Å². The summed E-state index contributed by atoms with van der Waals surface area (Å²) in [6.07, 6.45) is 2.20. The van der Waals surface area contributed by atoms with E-state index in [9.17, 15) is 4.79 Å². The Balaban J connectivity index is 1.23. The highest BCUT2D eigenvalue weighted by Crippen LogP contribution is 2.46. The number of hydrogen-bond donors (Lipinski definition) is 1. The van der Waals surface area contributed by atoms with Crippen molar-refractivity contribution in [3.63, 3.8) is 0 Å². The van der Waals surface area contributed by atoms with Crippen molar-refractivity contribution in [3.8, 4) is 22.6 Å². The van der Waals surface area contributed by atoms with Crippen LogP contribution in [0.3, 0.4) is 0 Å². The summed E-state index contributed by atoms with van der Waals surface area (Å²) < 4.78 is 12.3. The lowest BCUT2D eigenvalue weighted by atomic mass is 9.74. The predicted octanol–water partition coefficient (Wildman–Crippen LogP) is 5.50. The molecule has 1 spiro atoms. The van der Waals surface area contributed by atoms with E-state index < -0.39 is 5.97 Å². The third-order valence-corrected chi connectivity index (χ3v) is 8.14. The van der Waals surface area contributed by atoms with Crippen molar-refractivity contribution in [2.45, 2.75) is 38.2 Å². The van der Waals surface area contributed by atoms with E-state index in [-0.39, 0.29) is 11.8 Å². The molecule has 1 saturated heterocycles. The van der Waals surface area contributed by atoms with Gasteiger partial charge in [0.2, 0.25) is 0 Å². The van der Waals surface area contributed by atoms with E-state index >= 15 is 0 Å². The number of hydrogen-bond acceptors (Lipinski definition) is 5. The molecular weight excluding hydrogens is 434 g/mol. The lowest BCUT2D eigenvalue weighted by molar-refractivity contribution is -0.137. The number of benzene rings is 2. The fraction of sp³-hybridized carbons (Fsp3) is 0.370. The van der Waals surface area contributed by atoms with Crippen LogP contribution in [-0.2, 0) is 16.8 Å².